The highest BCUT2D eigenvalue weighted by Gasteiger charge is 2.31. The molecule has 3 heteroatoms. The van der Waals surface area contributed by atoms with Gasteiger partial charge in [-0.15, -0.1) is 29.1 Å². The SMILES string of the molecule is C#CC(O)(c1ccc2ccccc2c1)c1ccc(-c2cccs2)s1. The van der Waals surface area contributed by atoms with Crippen LogP contribution in [0.15, 0.2) is 72.1 Å². The van der Waals surface area contributed by atoms with Crippen LogP contribution in [0.2, 0.25) is 0 Å². The van der Waals surface area contributed by atoms with Crippen molar-refractivity contribution < 1.29 is 5.11 Å². The summed E-state index contributed by atoms with van der Waals surface area (Å²) < 4.78 is 0. The molecular weight excluding hydrogens is 332 g/mol. The molecule has 0 spiro atoms. The summed E-state index contributed by atoms with van der Waals surface area (Å²) in [6, 6.07) is 22.0. The molecule has 2 aromatic carbocycles. The minimum absolute atomic E-state index is 0.725. The van der Waals surface area contributed by atoms with Gasteiger partial charge in [-0.3, -0.25) is 0 Å². The van der Waals surface area contributed by atoms with Gasteiger partial charge in [-0.1, -0.05) is 48.4 Å². The molecule has 0 aliphatic heterocycles. The highest BCUT2D eigenvalue weighted by molar-refractivity contribution is 7.21. The second-order valence-electron chi connectivity index (χ2n) is 5.56. The second kappa shape index (κ2) is 5.92. The Morgan fingerprint density at radius 3 is 2.46 bits per heavy atom. The Hall–Kier alpha value is -2.38. The number of terminal acetylenes is 1. The van der Waals surface area contributed by atoms with Gasteiger partial charge < -0.3 is 5.11 Å². The molecule has 1 atom stereocenters. The van der Waals surface area contributed by atoms with Crippen LogP contribution in [0.4, 0.5) is 0 Å². The Morgan fingerprint density at radius 1 is 0.875 bits per heavy atom. The van der Waals surface area contributed by atoms with Crippen molar-refractivity contribution >= 4 is 33.4 Å². The predicted molar refractivity (Wildman–Crippen MR) is 103 cm³/mol. The van der Waals surface area contributed by atoms with E-state index in [0.29, 0.717) is 0 Å². The Kier molecular flexibility index (Phi) is 3.74. The van der Waals surface area contributed by atoms with Gasteiger partial charge in [0, 0.05) is 15.3 Å². The average Bonchev–Trinajstić information content (AvgIpc) is 3.32. The number of fused-ring (bicyclic) bond motifs is 1. The first-order valence-corrected chi connectivity index (χ1v) is 9.24. The number of thiophene rings is 2. The molecule has 0 aliphatic rings. The second-order valence-corrected chi connectivity index (χ2v) is 7.59. The van der Waals surface area contributed by atoms with E-state index in [1.807, 2.05) is 66.0 Å². The molecule has 0 saturated carbocycles. The first kappa shape index (κ1) is 15.2. The molecule has 2 aromatic heterocycles. The summed E-state index contributed by atoms with van der Waals surface area (Å²) in [6.45, 7) is 0. The highest BCUT2D eigenvalue weighted by atomic mass is 32.1. The van der Waals surface area contributed by atoms with Crippen LogP contribution in [-0.2, 0) is 5.60 Å². The van der Waals surface area contributed by atoms with Gasteiger partial charge in [0.15, 0.2) is 5.60 Å². The molecule has 24 heavy (non-hydrogen) atoms. The van der Waals surface area contributed by atoms with Crippen LogP contribution in [0.25, 0.3) is 20.5 Å². The van der Waals surface area contributed by atoms with E-state index in [2.05, 4.69) is 12.0 Å². The Bertz CT molecular complexity index is 1040. The standard InChI is InChI=1S/C21H14OS2/c1-2-21(22,17-10-9-15-6-3-4-7-16(15)14-17)20-12-11-19(24-20)18-8-5-13-23-18/h1,3-14,22H. The number of rotatable bonds is 3. The molecule has 116 valence electrons. The van der Waals surface area contributed by atoms with Gasteiger partial charge in [0.1, 0.15) is 0 Å². The van der Waals surface area contributed by atoms with Gasteiger partial charge in [-0.25, -0.2) is 0 Å². The molecule has 4 rings (SSSR count). The third-order valence-corrected chi connectivity index (χ3v) is 6.36. The molecule has 4 aromatic rings. The van der Waals surface area contributed by atoms with Crippen molar-refractivity contribution in [2.24, 2.45) is 0 Å². The average molecular weight is 346 g/mol. The first-order valence-electron chi connectivity index (χ1n) is 7.54. The minimum Gasteiger partial charge on any atom is -0.369 e. The predicted octanol–water partition coefficient (Wildman–Crippen LogP) is 5.50. The summed E-state index contributed by atoms with van der Waals surface area (Å²) in [5.41, 5.74) is -0.687. The first-order chi connectivity index (χ1) is 11.7. The topological polar surface area (TPSA) is 20.2 Å². The quantitative estimate of drug-likeness (QED) is 0.486. The smallest absolute Gasteiger partial charge is 0.185 e. The molecule has 2 heterocycles. The van der Waals surface area contributed by atoms with Crippen molar-refractivity contribution in [1.29, 1.82) is 0 Å². The molecule has 0 saturated heterocycles. The molecule has 0 bridgehead atoms. The lowest BCUT2D eigenvalue weighted by Gasteiger charge is -2.21. The Labute approximate surface area is 148 Å². The number of benzene rings is 2. The summed E-state index contributed by atoms with van der Waals surface area (Å²) in [5, 5.41) is 15.5. The maximum Gasteiger partial charge on any atom is 0.185 e. The normalized spacial score (nSPS) is 13.5. The highest BCUT2D eigenvalue weighted by Crippen LogP contribution is 2.39. The van der Waals surface area contributed by atoms with Crippen LogP contribution in [0.5, 0.6) is 0 Å². The zero-order valence-electron chi connectivity index (χ0n) is 12.8. The summed E-state index contributed by atoms with van der Waals surface area (Å²) >= 11 is 3.22. The molecule has 1 N–H and O–H groups in total. The lowest BCUT2D eigenvalue weighted by atomic mass is 9.91. The zero-order chi connectivity index (χ0) is 16.6. The largest absolute Gasteiger partial charge is 0.369 e. The third kappa shape index (κ3) is 2.46. The number of hydrogen-bond donors (Lipinski definition) is 1. The summed E-state index contributed by atoms with van der Waals surface area (Å²) in [5.74, 6) is 2.60. The van der Waals surface area contributed by atoms with Crippen LogP contribution in [0.3, 0.4) is 0 Å². The van der Waals surface area contributed by atoms with Crippen molar-refractivity contribution in [3.05, 3.63) is 82.6 Å². The van der Waals surface area contributed by atoms with Crippen LogP contribution in [0.1, 0.15) is 10.4 Å². The fourth-order valence-electron chi connectivity index (χ4n) is 2.79. The van der Waals surface area contributed by atoms with E-state index in [0.717, 1.165) is 26.1 Å². The Balaban J connectivity index is 1.82. The van der Waals surface area contributed by atoms with E-state index in [4.69, 9.17) is 6.42 Å². The third-order valence-electron chi connectivity index (χ3n) is 4.10. The lowest BCUT2D eigenvalue weighted by Crippen LogP contribution is -2.23. The molecular formula is C21H14OS2. The van der Waals surface area contributed by atoms with E-state index >= 15 is 0 Å². The lowest BCUT2D eigenvalue weighted by molar-refractivity contribution is 0.149. The summed E-state index contributed by atoms with van der Waals surface area (Å²) in [7, 11) is 0. The number of hydrogen-bond acceptors (Lipinski definition) is 3. The zero-order valence-corrected chi connectivity index (χ0v) is 14.4. The summed E-state index contributed by atoms with van der Waals surface area (Å²) in [4.78, 5) is 3.07. The van der Waals surface area contributed by atoms with Crippen molar-refractivity contribution in [1.82, 2.24) is 0 Å². The van der Waals surface area contributed by atoms with Crippen molar-refractivity contribution in [2.45, 2.75) is 5.60 Å². The van der Waals surface area contributed by atoms with Crippen molar-refractivity contribution in [3.63, 3.8) is 0 Å². The minimum atomic E-state index is -1.41. The van der Waals surface area contributed by atoms with Gasteiger partial charge in [0.25, 0.3) is 0 Å². The van der Waals surface area contributed by atoms with Crippen LogP contribution >= 0.6 is 22.7 Å². The molecule has 0 aliphatic carbocycles. The Morgan fingerprint density at radius 2 is 1.71 bits per heavy atom. The number of aliphatic hydroxyl groups is 1. The van der Waals surface area contributed by atoms with Crippen LogP contribution in [0, 0.1) is 12.3 Å². The fraction of sp³-hybridized carbons (Fsp3) is 0.0476. The van der Waals surface area contributed by atoms with Crippen molar-refractivity contribution in [2.75, 3.05) is 0 Å². The fourth-order valence-corrected chi connectivity index (χ4v) is 4.71. The van der Waals surface area contributed by atoms with Crippen LogP contribution in [-0.4, -0.2) is 5.11 Å². The van der Waals surface area contributed by atoms with Gasteiger partial charge in [0.2, 0.25) is 0 Å². The van der Waals surface area contributed by atoms with E-state index < -0.39 is 5.60 Å². The van der Waals surface area contributed by atoms with Gasteiger partial charge in [-0.05, 0) is 40.4 Å². The van der Waals surface area contributed by atoms with E-state index in [1.54, 1.807) is 22.7 Å². The molecule has 0 fully saturated rings. The van der Waals surface area contributed by atoms with Gasteiger partial charge >= 0.3 is 0 Å². The molecule has 0 radical (unpaired) electrons. The van der Waals surface area contributed by atoms with E-state index in [1.165, 1.54) is 4.88 Å². The van der Waals surface area contributed by atoms with E-state index in [-0.39, 0.29) is 0 Å². The van der Waals surface area contributed by atoms with Crippen molar-refractivity contribution in [3.8, 4) is 22.1 Å². The van der Waals surface area contributed by atoms with Gasteiger partial charge in [-0.2, -0.15) is 0 Å². The van der Waals surface area contributed by atoms with E-state index in [9.17, 15) is 5.11 Å². The maximum absolute atomic E-state index is 11.2. The maximum atomic E-state index is 11.2. The summed E-state index contributed by atoms with van der Waals surface area (Å²) in [6.07, 6.45) is 5.75. The molecule has 1 nitrogen and oxygen atoms in total. The van der Waals surface area contributed by atoms with Gasteiger partial charge in [0.05, 0.1) is 4.88 Å². The monoisotopic (exact) mass is 346 g/mol. The molecule has 0 amide bonds. The van der Waals surface area contributed by atoms with Crippen LogP contribution < -0.4 is 0 Å². The molecule has 1 unspecified atom stereocenters.